The van der Waals surface area contributed by atoms with Crippen LogP contribution in [0.3, 0.4) is 0 Å². The van der Waals surface area contributed by atoms with Crippen LogP contribution in [0.1, 0.15) is 11.1 Å². The molecule has 0 atom stereocenters. The van der Waals surface area contributed by atoms with Crippen molar-refractivity contribution in [3.8, 4) is 6.07 Å². The van der Waals surface area contributed by atoms with Crippen molar-refractivity contribution in [1.82, 2.24) is 4.98 Å². The average Bonchev–Trinajstić information content (AvgIpc) is 1.88. The van der Waals surface area contributed by atoms with E-state index in [0.717, 1.165) is 5.56 Å². The van der Waals surface area contributed by atoms with Crippen LogP contribution in [0.15, 0.2) is 12.3 Å². The summed E-state index contributed by atoms with van der Waals surface area (Å²) in [5, 5.41) is 8.48. The van der Waals surface area contributed by atoms with Crippen LogP contribution in [0.2, 0.25) is 0 Å². The molecule has 0 aliphatic carbocycles. The van der Waals surface area contributed by atoms with Crippen molar-refractivity contribution in [3.05, 3.63) is 23.4 Å². The third-order valence-corrected chi connectivity index (χ3v) is 1.25. The van der Waals surface area contributed by atoms with Crippen molar-refractivity contribution in [2.24, 2.45) is 0 Å². The zero-order valence-electron chi connectivity index (χ0n) is 5.63. The minimum Gasteiger partial charge on any atom is -0.271 e. The molecule has 0 saturated heterocycles. The van der Waals surface area contributed by atoms with E-state index in [2.05, 4.69) is 4.98 Å². The summed E-state index contributed by atoms with van der Waals surface area (Å²) in [7, 11) is 5.36. The molecule has 0 spiro atoms. The highest BCUT2D eigenvalue weighted by atomic mass is 14.6. The predicted molar refractivity (Wildman–Crippen MR) is 39.1 cm³/mol. The summed E-state index contributed by atoms with van der Waals surface area (Å²) in [6.45, 7) is 1.83. The summed E-state index contributed by atoms with van der Waals surface area (Å²) < 4.78 is 0. The van der Waals surface area contributed by atoms with Gasteiger partial charge in [-0.05, 0) is 24.1 Å². The molecule has 1 aromatic rings. The van der Waals surface area contributed by atoms with E-state index < -0.39 is 0 Å². The van der Waals surface area contributed by atoms with Crippen LogP contribution >= 0.6 is 0 Å². The highest BCUT2D eigenvalue weighted by Crippen LogP contribution is 1.99. The van der Waals surface area contributed by atoms with Crippen molar-refractivity contribution in [2.75, 3.05) is 0 Å². The summed E-state index contributed by atoms with van der Waals surface area (Å²) in [6, 6.07) is 3.68. The van der Waals surface area contributed by atoms with Crippen LogP contribution in [-0.2, 0) is 0 Å². The molecule has 1 heterocycles. The molecule has 3 heteroatoms. The molecule has 1 rings (SSSR count). The third-order valence-electron chi connectivity index (χ3n) is 1.25. The first-order valence-corrected chi connectivity index (χ1v) is 2.86. The Morgan fingerprint density at radius 2 is 2.40 bits per heavy atom. The normalized spacial score (nSPS) is 8.80. The Morgan fingerprint density at radius 3 is 2.90 bits per heavy atom. The number of rotatable bonds is 0. The molecule has 10 heavy (non-hydrogen) atoms. The molecule has 0 bridgehead atoms. The first-order valence-electron chi connectivity index (χ1n) is 2.86. The topological polar surface area (TPSA) is 36.7 Å². The van der Waals surface area contributed by atoms with Crippen LogP contribution < -0.4 is 5.59 Å². The van der Waals surface area contributed by atoms with Gasteiger partial charge in [-0.15, -0.1) is 0 Å². The molecule has 2 radical (unpaired) electrons. The lowest BCUT2D eigenvalue weighted by molar-refractivity contribution is 1.29. The van der Waals surface area contributed by atoms with Crippen LogP contribution in [0.4, 0.5) is 0 Å². The summed E-state index contributed by atoms with van der Waals surface area (Å²) in [6.07, 6.45) is 1.48. The minimum absolute atomic E-state index is 0.455. The van der Waals surface area contributed by atoms with Crippen molar-refractivity contribution < 1.29 is 0 Å². The maximum atomic E-state index is 8.48. The monoisotopic (exact) mass is 128 g/mol. The highest BCUT2D eigenvalue weighted by molar-refractivity contribution is 6.30. The molecule has 46 valence electrons. The molecule has 0 aliphatic rings. The number of hydrogen-bond donors (Lipinski definition) is 0. The van der Waals surface area contributed by atoms with Crippen LogP contribution in [-0.4, -0.2) is 12.8 Å². The Balaban J connectivity index is 3.23. The Kier molecular flexibility index (Phi) is 1.72. The largest absolute Gasteiger partial charge is 0.271 e. The first kappa shape index (κ1) is 6.82. The molecule has 0 fully saturated rings. The quantitative estimate of drug-likeness (QED) is 0.463. The van der Waals surface area contributed by atoms with E-state index in [1.807, 2.05) is 13.0 Å². The van der Waals surface area contributed by atoms with E-state index in [1.165, 1.54) is 6.20 Å². The summed E-state index contributed by atoms with van der Waals surface area (Å²) in [5.74, 6) is 0. The van der Waals surface area contributed by atoms with Gasteiger partial charge in [-0.3, -0.25) is 4.98 Å². The fourth-order valence-electron chi connectivity index (χ4n) is 0.695. The van der Waals surface area contributed by atoms with E-state index in [0.29, 0.717) is 11.2 Å². The van der Waals surface area contributed by atoms with Crippen LogP contribution in [0.25, 0.3) is 0 Å². The molecule has 1 aromatic heterocycles. The zero-order valence-corrected chi connectivity index (χ0v) is 5.63. The number of nitrogens with zero attached hydrogens (tertiary/aromatic N) is 2. The Hall–Kier alpha value is -1.30. The van der Waals surface area contributed by atoms with Gasteiger partial charge in [-0.1, -0.05) is 0 Å². The summed E-state index contributed by atoms with van der Waals surface area (Å²) in [5.41, 5.74) is 1.90. The Morgan fingerprint density at radius 1 is 1.70 bits per heavy atom. The second kappa shape index (κ2) is 2.53. The lowest BCUT2D eigenvalue weighted by Crippen LogP contribution is -2.08. The van der Waals surface area contributed by atoms with Gasteiger partial charge in [0.2, 0.25) is 0 Å². The number of nitriles is 1. The summed E-state index contributed by atoms with van der Waals surface area (Å²) >= 11 is 0. The fraction of sp³-hybridized carbons (Fsp3) is 0.143. The van der Waals surface area contributed by atoms with Gasteiger partial charge in [0.05, 0.1) is 5.56 Å². The zero-order chi connectivity index (χ0) is 7.56. The van der Waals surface area contributed by atoms with Gasteiger partial charge in [0.15, 0.2) is 0 Å². The lowest BCUT2D eigenvalue weighted by atomic mass is 10.0. The molecular formula is C7H5BN2. The van der Waals surface area contributed by atoms with Crippen LogP contribution in [0.5, 0.6) is 0 Å². The average molecular weight is 128 g/mol. The smallest absolute Gasteiger partial charge is 0.141 e. The van der Waals surface area contributed by atoms with Gasteiger partial charge in [-0.2, -0.15) is 5.26 Å². The Bertz CT molecular complexity index is 288. The van der Waals surface area contributed by atoms with E-state index in [4.69, 9.17) is 13.1 Å². The first-order chi connectivity index (χ1) is 4.74. The van der Waals surface area contributed by atoms with E-state index in [9.17, 15) is 0 Å². The molecule has 2 nitrogen and oxygen atoms in total. The van der Waals surface area contributed by atoms with Gasteiger partial charge < -0.3 is 0 Å². The maximum absolute atomic E-state index is 8.48. The second-order valence-corrected chi connectivity index (χ2v) is 2.04. The number of aryl methyl sites for hydroxylation is 1. The van der Waals surface area contributed by atoms with Gasteiger partial charge in [0.25, 0.3) is 0 Å². The molecular weight excluding hydrogens is 123 g/mol. The van der Waals surface area contributed by atoms with Gasteiger partial charge >= 0.3 is 0 Å². The SMILES string of the molecule is [B]c1cc(C)c(C#N)cn1. The highest BCUT2D eigenvalue weighted by Gasteiger charge is 1.94. The van der Waals surface area contributed by atoms with Gasteiger partial charge in [-0.25, -0.2) is 0 Å². The standard InChI is InChI=1S/C7H5BN2/c1-5-2-7(8)10-4-6(5)3-9/h2,4H,1H3. The second-order valence-electron chi connectivity index (χ2n) is 2.04. The molecule has 0 amide bonds. The fourth-order valence-corrected chi connectivity index (χ4v) is 0.695. The Labute approximate surface area is 60.9 Å². The number of aromatic nitrogens is 1. The number of pyridine rings is 1. The third kappa shape index (κ3) is 1.16. The van der Waals surface area contributed by atoms with E-state index in [1.54, 1.807) is 6.07 Å². The van der Waals surface area contributed by atoms with Crippen LogP contribution in [0, 0.1) is 18.3 Å². The predicted octanol–water partition coefficient (Wildman–Crippen LogP) is 0.0555. The van der Waals surface area contributed by atoms with Gasteiger partial charge in [0, 0.05) is 6.20 Å². The molecule has 0 aliphatic heterocycles. The van der Waals surface area contributed by atoms with Crippen molar-refractivity contribution >= 4 is 13.4 Å². The molecule has 0 saturated carbocycles. The van der Waals surface area contributed by atoms with Crippen molar-refractivity contribution in [2.45, 2.75) is 6.92 Å². The van der Waals surface area contributed by atoms with Gasteiger partial charge in [0.1, 0.15) is 13.9 Å². The maximum Gasteiger partial charge on any atom is 0.141 e. The van der Waals surface area contributed by atoms with E-state index in [-0.39, 0.29) is 0 Å². The summed E-state index contributed by atoms with van der Waals surface area (Å²) in [4.78, 5) is 3.77. The van der Waals surface area contributed by atoms with Crippen molar-refractivity contribution in [1.29, 1.82) is 5.26 Å². The lowest BCUT2D eigenvalue weighted by Gasteiger charge is -1.95. The van der Waals surface area contributed by atoms with E-state index >= 15 is 0 Å². The number of hydrogen-bond acceptors (Lipinski definition) is 2. The minimum atomic E-state index is 0.455. The molecule has 0 aromatic carbocycles. The molecule has 0 N–H and O–H groups in total. The van der Waals surface area contributed by atoms with Crippen molar-refractivity contribution in [3.63, 3.8) is 0 Å². The molecule has 0 unspecified atom stereocenters.